The quantitative estimate of drug-likeness (QED) is 0.434. The van der Waals surface area contributed by atoms with Crippen LogP contribution in [0.4, 0.5) is 0 Å². The molecule has 0 saturated carbocycles. The van der Waals surface area contributed by atoms with Gasteiger partial charge in [-0.05, 0) is 6.92 Å². The molecule has 2 bridgehead atoms. The zero-order chi connectivity index (χ0) is 7.19. The van der Waals surface area contributed by atoms with Crippen molar-refractivity contribution in [1.82, 2.24) is 4.90 Å². The van der Waals surface area contributed by atoms with Gasteiger partial charge in [0.1, 0.15) is 0 Å². The smallest absolute Gasteiger partial charge is 0.0940 e. The highest BCUT2D eigenvalue weighted by molar-refractivity contribution is 4.76. The van der Waals surface area contributed by atoms with Crippen LogP contribution in [0.5, 0.6) is 0 Å². The molecule has 0 N–H and O–H groups in total. The second-order valence-corrected chi connectivity index (χ2v) is 4.13. The summed E-state index contributed by atoms with van der Waals surface area (Å²) < 4.78 is 1.33. The maximum atomic E-state index is 2.61. The lowest BCUT2D eigenvalue weighted by Crippen LogP contribution is -2.68. The molecular weight excluding hydrogens is 124 g/mol. The predicted molar refractivity (Wildman–Crippen MR) is 41.8 cm³/mol. The lowest BCUT2D eigenvalue weighted by molar-refractivity contribution is -0.926. The van der Waals surface area contributed by atoms with Gasteiger partial charge >= 0.3 is 0 Å². The summed E-state index contributed by atoms with van der Waals surface area (Å²) in [7, 11) is 2.40. The number of quaternary nitrogens is 1. The Balaban J connectivity index is 2.14. The van der Waals surface area contributed by atoms with Crippen molar-refractivity contribution in [3.63, 3.8) is 0 Å². The summed E-state index contributed by atoms with van der Waals surface area (Å²) >= 11 is 0. The highest BCUT2D eigenvalue weighted by atomic mass is 15.4. The van der Waals surface area contributed by atoms with Crippen LogP contribution in [0, 0.1) is 0 Å². The van der Waals surface area contributed by atoms with E-state index in [1.807, 2.05) is 0 Å². The van der Waals surface area contributed by atoms with E-state index in [9.17, 15) is 0 Å². The number of rotatable bonds is 0. The van der Waals surface area contributed by atoms with Crippen LogP contribution in [-0.2, 0) is 0 Å². The van der Waals surface area contributed by atoms with Crippen molar-refractivity contribution in [1.29, 1.82) is 0 Å². The fourth-order valence-corrected chi connectivity index (χ4v) is 2.34. The zero-order valence-corrected chi connectivity index (χ0v) is 7.01. The van der Waals surface area contributed by atoms with Gasteiger partial charge in [-0.3, -0.25) is 4.90 Å². The summed E-state index contributed by atoms with van der Waals surface area (Å²) in [5, 5.41) is 0. The van der Waals surface area contributed by atoms with E-state index in [2.05, 4.69) is 18.9 Å². The van der Waals surface area contributed by atoms with Gasteiger partial charge in [0.05, 0.1) is 32.7 Å². The average molecular weight is 141 g/mol. The van der Waals surface area contributed by atoms with Gasteiger partial charge in [-0.2, -0.15) is 0 Å². The fraction of sp³-hybridized carbons (Fsp3) is 1.00. The van der Waals surface area contributed by atoms with E-state index in [0.717, 1.165) is 6.04 Å². The number of nitrogens with zero attached hydrogens (tertiary/aromatic N) is 2. The Hall–Kier alpha value is -0.0800. The van der Waals surface area contributed by atoms with Crippen LogP contribution in [0.25, 0.3) is 0 Å². The Kier molecular flexibility index (Phi) is 1.29. The third-order valence-electron chi connectivity index (χ3n) is 3.18. The van der Waals surface area contributed by atoms with Crippen LogP contribution in [0.3, 0.4) is 0 Å². The first kappa shape index (κ1) is 6.62. The lowest BCUT2D eigenvalue weighted by atomic mass is 10.1. The van der Waals surface area contributed by atoms with Gasteiger partial charge in [-0.25, -0.2) is 0 Å². The number of hydrogen-bond donors (Lipinski definition) is 0. The third kappa shape index (κ3) is 0.867. The molecule has 0 aromatic rings. The molecule has 3 rings (SSSR count). The number of likely N-dealkylation sites (N-methyl/N-ethyl adjacent to an activating group) is 1. The topological polar surface area (TPSA) is 3.24 Å². The molecule has 1 atom stereocenters. The third-order valence-corrected chi connectivity index (χ3v) is 3.18. The van der Waals surface area contributed by atoms with Gasteiger partial charge in [-0.15, -0.1) is 0 Å². The van der Waals surface area contributed by atoms with E-state index < -0.39 is 0 Å². The van der Waals surface area contributed by atoms with E-state index in [1.54, 1.807) is 0 Å². The maximum absolute atomic E-state index is 2.61. The first-order chi connectivity index (χ1) is 4.70. The van der Waals surface area contributed by atoms with Crippen molar-refractivity contribution in [2.45, 2.75) is 13.0 Å². The van der Waals surface area contributed by atoms with Gasteiger partial charge < -0.3 is 4.48 Å². The van der Waals surface area contributed by atoms with Crippen LogP contribution in [-0.4, -0.2) is 55.2 Å². The summed E-state index contributed by atoms with van der Waals surface area (Å²) in [5.41, 5.74) is 0. The van der Waals surface area contributed by atoms with Crippen LogP contribution < -0.4 is 0 Å². The summed E-state index contributed by atoms with van der Waals surface area (Å²) in [6, 6.07) is 0.840. The van der Waals surface area contributed by atoms with E-state index in [-0.39, 0.29) is 0 Å². The van der Waals surface area contributed by atoms with Crippen molar-refractivity contribution in [2.24, 2.45) is 0 Å². The maximum Gasteiger partial charge on any atom is 0.0940 e. The van der Waals surface area contributed by atoms with Gasteiger partial charge in [0.2, 0.25) is 0 Å². The largest absolute Gasteiger partial charge is 0.323 e. The van der Waals surface area contributed by atoms with Crippen LogP contribution in [0.2, 0.25) is 0 Å². The van der Waals surface area contributed by atoms with E-state index in [1.165, 1.54) is 37.2 Å². The molecule has 2 heteroatoms. The van der Waals surface area contributed by atoms with Crippen molar-refractivity contribution < 1.29 is 4.48 Å². The lowest BCUT2D eigenvalue weighted by Gasteiger charge is -2.51. The molecule has 0 spiro atoms. The fourth-order valence-electron chi connectivity index (χ4n) is 2.34. The van der Waals surface area contributed by atoms with Crippen molar-refractivity contribution in [2.75, 3.05) is 39.8 Å². The monoisotopic (exact) mass is 141 g/mol. The molecular formula is C8H17N2+. The minimum Gasteiger partial charge on any atom is -0.323 e. The summed E-state index contributed by atoms with van der Waals surface area (Å²) in [6.07, 6.45) is 0. The molecule has 3 saturated heterocycles. The standard InChI is InChI=1S/C8H17N2/c1-8-7-10(2)5-3-9(8)4-6-10/h8H,3-7H2,1-2H3/q+1. The molecule has 3 fully saturated rings. The van der Waals surface area contributed by atoms with Gasteiger partial charge in [-0.1, -0.05) is 0 Å². The molecule has 10 heavy (non-hydrogen) atoms. The highest BCUT2D eigenvalue weighted by Gasteiger charge is 2.38. The van der Waals surface area contributed by atoms with Gasteiger partial charge in [0.15, 0.2) is 0 Å². The average Bonchev–Trinajstić information content (AvgIpc) is 1.87. The Morgan fingerprint density at radius 1 is 1.30 bits per heavy atom. The van der Waals surface area contributed by atoms with Crippen LogP contribution in [0.15, 0.2) is 0 Å². The molecule has 0 radical (unpaired) electrons. The van der Waals surface area contributed by atoms with Crippen molar-refractivity contribution in [3.8, 4) is 0 Å². The van der Waals surface area contributed by atoms with Crippen LogP contribution in [0.1, 0.15) is 6.92 Å². The molecule has 0 amide bonds. The molecule has 3 heterocycles. The highest BCUT2D eigenvalue weighted by Crippen LogP contribution is 2.20. The molecule has 3 aliphatic rings. The Morgan fingerprint density at radius 2 is 1.90 bits per heavy atom. The number of piperazine rings is 3. The molecule has 1 unspecified atom stereocenters. The van der Waals surface area contributed by atoms with Gasteiger partial charge in [0, 0.05) is 13.1 Å². The zero-order valence-electron chi connectivity index (χ0n) is 7.01. The predicted octanol–water partition coefficient (Wildman–Crippen LogP) is 0.151. The second-order valence-electron chi connectivity index (χ2n) is 4.13. The van der Waals surface area contributed by atoms with E-state index in [4.69, 9.17) is 0 Å². The minimum atomic E-state index is 0.840. The summed E-state index contributed by atoms with van der Waals surface area (Å²) in [5.74, 6) is 0. The molecule has 58 valence electrons. The van der Waals surface area contributed by atoms with E-state index >= 15 is 0 Å². The minimum absolute atomic E-state index is 0.840. The SMILES string of the molecule is CC1C[N+]2(C)CCN1CC2. The van der Waals surface area contributed by atoms with Crippen molar-refractivity contribution >= 4 is 0 Å². The first-order valence-electron chi connectivity index (χ1n) is 4.27. The number of fused-ring (bicyclic) bond motifs is 3. The molecule has 0 aliphatic carbocycles. The van der Waals surface area contributed by atoms with Crippen molar-refractivity contribution in [3.05, 3.63) is 0 Å². The van der Waals surface area contributed by atoms with Gasteiger partial charge in [0.25, 0.3) is 0 Å². The summed E-state index contributed by atoms with van der Waals surface area (Å²) in [6.45, 7) is 9.15. The Labute approximate surface area is 63.0 Å². The number of hydrogen-bond acceptors (Lipinski definition) is 1. The molecule has 3 aliphatic heterocycles. The Morgan fingerprint density at radius 3 is 2.20 bits per heavy atom. The second kappa shape index (κ2) is 1.95. The van der Waals surface area contributed by atoms with E-state index in [0.29, 0.717) is 0 Å². The van der Waals surface area contributed by atoms with Crippen LogP contribution >= 0.6 is 0 Å². The normalized spacial score (nSPS) is 53.4. The molecule has 0 aromatic carbocycles. The molecule has 0 aromatic heterocycles. The summed E-state index contributed by atoms with van der Waals surface area (Å²) in [4.78, 5) is 2.61. The Bertz CT molecular complexity index is 136. The molecule has 2 nitrogen and oxygen atoms in total. The first-order valence-corrected chi connectivity index (χ1v) is 4.27.